The van der Waals surface area contributed by atoms with Crippen LogP contribution in [0.5, 0.6) is 0 Å². The van der Waals surface area contributed by atoms with E-state index in [1.807, 2.05) is 13.2 Å². The van der Waals surface area contributed by atoms with Crippen LogP contribution in [0.4, 0.5) is 5.69 Å². The minimum atomic E-state index is -0.0249. The summed E-state index contributed by atoms with van der Waals surface area (Å²) in [5.74, 6) is 0.465. The highest BCUT2D eigenvalue weighted by molar-refractivity contribution is 5.61. The molecule has 0 saturated carbocycles. The van der Waals surface area contributed by atoms with Crippen molar-refractivity contribution >= 4 is 5.69 Å². The van der Waals surface area contributed by atoms with Gasteiger partial charge in [-0.25, -0.2) is 0 Å². The Morgan fingerprint density at radius 2 is 2.00 bits per heavy atom. The van der Waals surface area contributed by atoms with Crippen molar-refractivity contribution in [2.45, 2.75) is 38.5 Å². The van der Waals surface area contributed by atoms with Crippen LogP contribution in [0, 0.1) is 5.92 Å². The van der Waals surface area contributed by atoms with Gasteiger partial charge in [0.05, 0.1) is 0 Å². The van der Waals surface area contributed by atoms with Gasteiger partial charge in [-0.1, -0.05) is 62.4 Å². The van der Waals surface area contributed by atoms with Gasteiger partial charge in [-0.2, -0.15) is 0 Å². The van der Waals surface area contributed by atoms with E-state index in [1.54, 1.807) is 0 Å². The second-order valence-electron chi connectivity index (χ2n) is 7.55. The molecule has 2 aliphatic rings. The first-order chi connectivity index (χ1) is 12.6. The third-order valence-electron chi connectivity index (χ3n) is 5.23. The Morgan fingerprint density at radius 3 is 2.85 bits per heavy atom. The molecule has 1 heterocycles. The van der Waals surface area contributed by atoms with Crippen LogP contribution >= 0.6 is 0 Å². The summed E-state index contributed by atoms with van der Waals surface area (Å²) in [5.41, 5.74) is 5.31. The standard InChI is InChI=1S/C24H30N2/c1-24(2)21-17-19(10-6-4-5-9-14-25-3)16-20(18-21)13-15-26-23-12-8-7-11-22(23)24/h6-15,17-19,25-26H,4-5,16H2,1-3H3/b10-6+,14-9+,15-13-. The van der Waals surface area contributed by atoms with Crippen molar-refractivity contribution in [3.05, 3.63) is 89.8 Å². The molecule has 136 valence electrons. The van der Waals surface area contributed by atoms with E-state index in [4.69, 9.17) is 0 Å². The molecule has 2 nitrogen and oxygen atoms in total. The van der Waals surface area contributed by atoms with Crippen LogP contribution in [0.3, 0.4) is 0 Å². The summed E-state index contributed by atoms with van der Waals surface area (Å²) < 4.78 is 0. The molecule has 1 atom stereocenters. The van der Waals surface area contributed by atoms with Gasteiger partial charge in [0.25, 0.3) is 0 Å². The van der Waals surface area contributed by atoms with Gasteiger partial charge >= 0.3 is 0 Å². The van der Waals surface area contributed by atoms with Crippen LogP contribution in [-0.2, 0) is 5.41 Å². The molecule has 26 heavy (non-hydrogen) atoms. The number of anilines is 1. The number of para-hydroxylation sites is 1. The van der Waals surface area contributed by atoms with E-state index >= 15 is 0 Å². The number of hydrogen-bond acceptors (Lipinski definition) is 2. The maximum absolute atomic E-state index is 3.48. The van der Waals surface area contributed by atoms with E-state index in [0.29, 0.717) is 5.92 Å². The average Bonchev–Trinajstić information content (AvgIpc) is 2.67. The second kappa shape index (κ2) is 8.27. The van der Waals surface area contributed by atoms with Gasteiger partial charge < -0.3 is 10.6 Å². The molecule has 1 aromatic rings. The number of fused-ring (bicyclic) bond motifs is 2. The van der Waals surface area contributed by atoms with Crippen LogP contribution in [-0.4, -0.2) is 7.05 Å². The van der Waals surface area contributed by atoms with Crippen LogP contribution in [0.15, 0.2) is 84.3 Å². The Morgan fingerprint density at radius 1 is 1.19 bits per heavy atom. The third-order valence-corrected chi connectivity index (χ3v) is 5.23. The summed E-state index contributed by atoms with van der Waals surface area (Å²) in [5, 5.41) is 6.52. The van der Waals surface area contributed by atoms with Gasteiger partial charge in [0, 0.05) is 24.4 Å². The quantitative estimate of drug-likeness (QED) is 0.516. The van der Waals surface area contributed by atoms with Crippen LogP contribution < -0.4 is 10.6 Å². The van der Waals surface area contributed by atoms with Crippen molar-refractivity contribution in [3.8, 4) is 0 Å². The molecule has 1 aromatic carbocycles. The van der Waals surface area contributed by atoms with E-state index in [0.717, 1.165) is 19.3 Å². The van der Waals surface area contributed by atoms with Gasteiger partial charge in [0.2, 0.25) is 0 Å². The fraction of sp³-hybridized carbons (Fsp3) is 0.333. The number of rotatable bonds is 5. The fourth-order valence-corrected chi connectivity index (χ4v) is 3.71. The number of benzene rings is 1. The molecule has 1 unspecified atom stereocenters. The Balaban J connectivity index is 1.84. The van der Waals surface area contributed by atoms with Crippen LogP contribution in [0.2, 0.25) is 0 Å². The molecule has 0 fully saturated rings. The smallest absolute Gasteiger partial charge is 0.0421 e. The summed E-state index contributed by atoms with van der Waals surface area (Å²) in [4.78, 5) is 0. The first-order valence-electron chi connectivity index (χ1n) is 9.55. The zero-order valence-corrected chi connectivity index (χ0v) is 16.1. The number of allylic oxidation sites excluding steroid dienone is 8. The Kier molecular flexibility index (Phi) is 5.82. The normalized spacial score (nSPS) is 22.5. The minimum absolute atomic E-state index is 0.0249. The van der Waals surface area contributed by atoms with Gasteiger partial charge in [0.15, 0.2) is 0 Å². The average molecular weight is 347 g/mol. The SMILES string of the molecule is CN/C=C/CC/C=C/C1C=C2C=C(/C=C\Nc3ccccc3C2(C)C)C1. The van der Waals surface area contributed by atoms with Crippen LogP contribution in [0.1, 0.15) is 38.7 Å². The van der Waals surface area contributed by atoms with Crippen molar-refractivity contribution in [1.29, 1.82) is 0 Å². The predicted molar refractivity (Wildman–Crippen MR) is 113 cm³/mol. The molecule has 0 saturated heterocycles. The molecule has 1 aliphatic carbocycles. The molecule has 2 heteroatoms. The van der Waals surface area contributed by atoms with E-state index in [-0.39, 0.29) is 5.41 Å². The summed E-state index contributed by atoms with van der Waals surface area (Å²) in [6, 6.07) is 8.63. The Labute approximate surface area is 158 Å². The minimum Gasteiger partial charge on any atom is -0.394 e. The van der Waals surface area contributed by atoms with Crippen molar-refractivity contribution in [1.82, 2.24) is 5.32 Å². The molecule has 1 aliphatic heterocycles. The van der Waals surface area contributed by atoms with Crippen molar-refractivity contribution in [3.63, 3.8) is 0 Å². The summed E-state index contributed by atoms with van der Waals surface area (Å²) in [6.45, 7) is 4.65. The van der Waals surface area contributed by atoms with Crippen molar-refractivity contribution < 1.29 is 0 Å². The van der Waals surface area contributed by atoms with Gasteiger partial charge in [0.1, 0.15) is 0 Å². The fourth-order valence-electron chi connectivity index (χ4n) is 3.71. The maximum Gasteiger partial charge on any atom is 0.0421 e. The molecule has 3 rings (SSSR count). The van der Waals surface area contributed by atoms with Gasteiger partial charge in [-0.3, -0.25) is 0 Å². The largest absolute Gasteiger partial charge is 0.394 e. The Hall–Kier alpha value is -2.48. The van der Waals surface area contributed by atoms with E-state index in [9.17, 15) is 0 Å². The lowest BCUT2D eigenvalue weighted by Gasteiger charge is -2.32. The number of nitrogens with one attached hydrogen (secondary N) is 2. The molecule has 2 N–H and O–H groups in total. The van der Waals surface area contributed by atoms with E-state index < -0.39 is 0 Å². The maximum atomic E-state index is 3.48. The van der Waals surface area contributed by atoms with Gasteiger partial charge in [-0.15, -0.1) is 0 Å². The summed E-state index contributed by atoms with van der Waals surface area (Å²) in [6.07, 6.45) is 21.2. The first-order valence-corrected chi connectivity index (χ1v) is 9.55. The molecule has 0 spiro atoms. The molecule has 2 bridgehead atoms. The topological polar surface area (TPSA) is 24.1 Å². The highest BCUT2D eigenvalue weighted by Crippen LogP contribution is 2.41. The lowest BCUT2D eigenvalue weighted by atomic mass is 9.73. The summed E-state index contributed by atoms with van der Waals surface area (Å²) >= 11 is 0. The van der Waals surface area contributed by atoms with Crippen LogP contribution in [0.25, 0.3) is 0 Å². The molecule has 0 amide bonds. The second-order valence-corrected chi connectivity index (χ2v) is 7.55. The zero-order valence-electron chi connectivity index (χ0n) is 16.1. The molecular formula is C24H30N2. The predicted octanol–water partition coefficient (Wildman–Crippen LogP) is 5.85. The Bertz CT molecular complexity index is 775. The van der Waals surface area contributed by atoms with Gasteiger partial charge in [-0.05, 0) is 60.2 Å². The highest BCUT2D eigenvalue weighted by Gasteiger charge is 2.29. The first kappa shape index (κ1) is 18.3. The van der Waals surface area contributed by atoms with E-state index in [1.165, 1.54) is 22.4 Å². The lowest BCUT2D eigenvalue weighted by Crippen LogP contribution is -2.22. The molecule has 0 radical (unpaired) electrons. The molecular weight excluding hydrogens is 316 g/mol. The zero-order chi connectivity index (χ0) is 18.4. The highest BCUT2D eigenvalue weighted by atomic mass is 14.8. The number of hydrogen-bond donors (Lipinski definition) is 2. The molecule has 0 aromatic heterocycles. The third kappa shape index (κ3) is 4.19. The van der Waals surface area contributed by atoms with E-state index in [2.05, 4.69) is 91.4 Å². The number of unbranched alkanes of at least 4 members (excludes halogenated alkanes) is 1. The lowest BCUT2D eigenvalue weighted by molar-refractivity contribution is 0.619. The summed E-state index contributed by atoms with van der Waals surface area (Å²) in [7, 11) is 1.93. The monoisotopic (exact) mass is 346 g/mol. The van der Waals surface area contributed by atoms with Crippen molar-refractivity contribution in [2.75, 3.05) is 12.4 Å². The van der Waals surface area contributed by atoms with Crippen molar-refractivity contribution in [2.24, 2.45) is 5.92 Å².